The number of hydrazone groups is 1. The van der Waals surface area contributed by atoms with Crippen LogP contribution >= 0.6 is 0 Å². The van der Waals surface area contributed by atoms with Crippen LogP contribution in [0.1, 0.15) is 46.3 Å². The molecule has 0 aliphatic carbocycles. The molecule has 0 radical (unpaired) electrons. The van der Waals surface area contributed by atoms with Gasteiger partial charge in [-0.2, -0.15) is 5.10 Å². The number of nitrogens with one attached hydrogen (secondary N) is 1. The summed E-state index contributed by atoms with van der Waals surface area (Å²) < 4.78 is 0. The Labute approximate surface area is 182 Å². The van der Waals surface area contributed by atoms with Crippen LogP contribution in [0.2, 0.25) is 0 Å². The van der Waals surface area contributed by atoms with Crippen LogP contribution in [0.4, 0.5) is 5.69 Å². The van der Waals surface area contributed by atoms with E-state index in [1.807, 2.05) is 53.6 Å². The number of amides is 1. The van der Waals surface area contributed by atoms with Crippen molar-refractivity contribution in [3.63, 3.8) is 0 Å². The van der Waals surface area contributed by atoms with Crippen molar-refractivity contribution in [2.75, 3.05) is 31.5 Å². The largest absolute Gasteiger partial charge is 0.480 e. The maximum absolute atomic E-state index is 12.7. The normalized spacial score (nSPS) is 16.8. The molecule has 2 aliphatic rings. The van der Waals surface area contributed by atoms with Gasteiger partial charge in [-0.15, -0.1) is 0 Å². The summed E-state index contributed by atoms with van der Waals surface area (Å²) in [6.07, 6.45) is 6.34. The molecule has 4 rings (SSSR count). The minimum atomic E-state index is -0.832. The van der Waals surface area contributed by atoms with Crippen molar-refractivity contribution in [3.8, 4) is 0 Å². The van der Waals surface area contributed by atoms with Gasteiger partial charge >= 0.3 is 5.97 Å². The van der Waals surface area contributed by atoms with Crippen molar-refractivity contribution in [3.05, 3.63) is 64.7 Å². The second kappa shape index (κ2) is 9.75. The molecule has 2 aromatic carbocycles. The van der Waals surface area contributed by atoms with E-state index in [4.69, 9.17) is 5.11 Å². The fourth-order valence-corrected chi connectivity index (χ4v) is 4.08. The van der Waals surface area contributed by atoms with E-state index in [0.29, 0.717) is 12.1 Å². The number of carboxylic acid groups (broad SMARTS) is 1. The molecule has 7 nitrogen and oxygen atoms in total. The molecule has 2 heterocycles. The van der Waals surface area contributed by atoms with Crippen LogP contribution in [-0.4, -0.2) is 59.3 Å². The van der Waals surface area contributed by atoms with Gasteiger partial charge in [-0.3, -0.25) is 19.5 Å². The average molecular weight is 421 g/mol. The van der Waals surface area contributed by atoms with Crippen molar-refractivity contribution in [2.45, 2.75) is 32.2 Å². The maximum Gasteiger partial charge on any atom is 0.317 e. The van der Waals surface area contributed by atoms with Crippen molar-refractivity contribution in [1.29, 1.82) is 0 Å². The number of carbonyl (C=O) groups is 2. The molecule has 2 N–H and O–H groups in total. The molecule has 0 spiro atoms. The monoisotopic (exact) mass is 420 g/mol. The van der Waals surface area contributed by atoms with Crippen LogP contribution in [0.3, 0.4) is 0 Å². The number of carbonyl (C=O) groups excluding carboxylic acids is 1. The van der Waals surface area contributed by atoms with Gasteiger partial charge in [0.25, 0.3) is 5.91 Å². The fraction of sp³-hybridized carbons (Fsp3) is 0.375. The first-order valence-corrected chi connectivity index (χ1v) is 10.8. The van der Waals surface area contributed by atoms with Crippen LogP contribution in [0, 0.1) is 0 Å². The number of nitrogens with zero attached hydrogens (tertiary/aromatic N) is 3. The van der Waals surface area contributed by atoms with Gasteiger partial charge in [0.2, 0.25) is 0 Å². The van der Waals surface area contributed by atoms with E-state index in [9.17, 15) is 9.59 Å². The van der Waals surface area contributed by atoms with E-state index in [1.54, 1.807) is 0 Å². The lowest BCUT2D eigenvalue weighted by atomic mass is 9.97. The quantitative estimate of drug-likeness (QED) is 0.701. The summed E-state index contributed by atoms with van der Waals surface area (Å²) in [4.78, 5) is 25.6. The molecular formula is C24H28N4O3. The van der Waals surface area contributed by atoms with Crippen LogP contribution in [-0.2, 0) is 17.8 Å². The zero-order valence-electron chi connectivity index (χ0n) is 17.6. The fourth-order valence-electron chi connectivity index (χ4n) is 4.08. The summed E-state index contributed by atoms with van der Waals surface area (Å²) in [5.74, 6) is -1.00. The molecule has 0 bridgehead atoms. The first kappa shape index (κ1) is 21.1. The Morgan fingerprint density at radius 1 is 1.00 bits per heavy atom. The summed E-state index contributed by atoms with van der Waals surface area (Å²) in [5.41, 5.74) is 4.49. The minimum Gasteiger partial charge on any atom is -0.480 e. The number of rotatable bonds is 6. The van der Waals surface area contributed by atoms with E-state index in [2.05, 4.69) is 15.4 Å². The van der Waals surface area contributed by atoms with Crippen LogP contribution in [0.25, 0.3) is 0 Å². The Hall–Kier alpha value is -3.19. The molecule has 162 valence electrons. The highest BCUT2D eigenvalue weighted by Gasteiger charge is 2.19. The lowest BCUT2D eigenvalue weighted by Gasteiger charge is -2.27. The second-order valence-corrected chi connectivity index (χ2v) is 8.17. The number of aliphatic carboxylic acids is 1. The van der Waals surface area contributed by atoms with Crippen LogP contribution in [0.5, 0.6) is 0 Å². The first-order valence-electron chi connectivity index (χ1n) is 10.8. The number of anilines is 1. The molecule has 2 aliphatic heterocycles. The Morgan fingerprint density at radius 2 is 1.77 bits per heavy atom. The van der Waals surface area contributed by atoms with Crippen LogP contribution in [0.15, 0.2) is 47.6 Å². The van der Waals surface area contributed by atoms with Crippen molar-refractivity contribution >= 4 is 23.8 Å². The third-order valence-corrected chi connectivity index (χ3v) is 5.79. The number of hydrogen-bond acceptors (Lipinski definition) is 5. The van der Waals surface area contributed by atoms with E-state index >= 15 is 0 Å². The summed E-state index contributed by atoms with van der Waals surface area (Å²) >= 11 is 0. The van der Waals surface area contributed by atoms with Gasteiger partial charge in [-0.05, 0) is 66.6 Å². The topological polar surface area (TPSA) is 85.2 Å². The lowest BCUT2D eigenvalue weighted by Crippen LogP contribution is -2.34. The molecular weight excluding hydrogens is 392 g/mol. The van der Waals surface area contributed by atoms with Gasteiger partial charge in [0, 0.05) is 37.4 Å². The number of hydrogen-bond donors (Lipinski definition) is 2. The predicted molar refractivity (Wildman–Crippen MR) is 120 cm³/mol. The molecule has 0 aromatic heterocycles. The van der Waals surface area contributed by atoms with E-state index in [0.717, 1.165) is 42.9 Å². The summed E-state index contributed by atoms with van der Waals surface area (Å²) in [7, 11) is 0. The molecule has 0 atom stereocenters. The first-order chi connectivity index (χ1) is 15.1. The molecule has 0 unspecified atom stereocenters. The SMILES string of the molecule is O=C(O)CN1CCc2ccc(C(=O)Nc3ccc(C=NN4CCCCC4)cc3)cc2C1. The van der Waals surface area contributed by atoms with E-state index in [-0.39, 0.29) is 12.5 Å². The zero-order valence-corrected chi connectivity index (χ0v) is 17.6. The number of benzene rings is 2. The molecule has 1 fully saturated rings. The van der Waals surface area contributed by atoms with Gasteiger partial charge in [0.05, 0.1) is 12.8 Å². The Kier molecular flexibility index (Phi) is 6.62. The van der Waals surface area contributed by atoms with Crippen molar-refractivity contribution < 1.29 is 14.7 Å². The van der Waals surface area contributed by atoms with Gasteiger partial charge in [-0.25, -0.2) is 0 Å². The minimum absolute atomic E-state index is 0.0171. The van der Waals surface area contributed by atoms with Gasteiger partial charge in [0.1, 0.15) is 0 Å². The van der Waals surface area contributed by atoms with Crippen LogP contribution < -0.4 is 5.32 Å². The Balaban J connectivity index is 1.37. The lowest BCUT2D eigenvalue weighted by molar-refractivity contribution is -0.138. The van der Waals surface area contributed by atoms with Gasteiger partial charge in [-0.1, -0.05) is 18.2 Å². The number of fused-ring (bicyclic) bond motifs is 1. The highest BCUT2D eigenvalue weighted by molar-refractivity contribution is 6.04. The summed E-state index contributed by atoms with van der Waals surface area (Å²) in [6.45, 7) is 3.31. The van der Waals surface area contributed by atoms with Gasteiger partial charge < -0.3 is 10.4 Å². The molecule has 2 aromatic rings. The highest BCUT2D eigenvalue weighted by Crippen LogP contribution is 2.21. The highest BCUT2D eigenvalue weighted by atomic mass is 16.4. The predicted octanol–water partition coefficient (Wildman–Crippen LogP) is 3.20. The van der Waals surface area contributed by atoms with Crippen molar-refractivity contribution in [1.82, 2.24) is 9.91 Å². The standard InChI is InChI=1S/C24H28N4O3/c29-23(30)17-27-13-10-19-6-7-20(14-21(19)16-27)24(31)26-22-8-4-18(5-9-22)15-25-28-11-2-1-3-12-28/h4-9,14-15H,1-3,10-13,16-17H2,(H,26,31)(H,29,30). The molecule has 7 heteroatoms. The smallest absolute Gasteiger partial charge is 0.317 e. The average Bonchev–Trinajstić information content (AvgIpc) is 2.78. The third kappa shape index (κ3) is 5.70. The Bertz CT molecular complexity index is 965. The van der Waals surface area contributed by atoms with E-state index in [1.165, 1.54) is 24.8 Å². The molecule has 1 saturated heterocycles. The molecule has 1 amide bonds. The third-order valence-electron chi connectivity index (χ3n) is 5.79. The molecule has 31 heavy (non-hydrogen) atoms. The number of piperidine rings is 1. The summed E-state index contributed by atoms with van der Waals surface area (Å²) in [5, 5.41) is 18.6. The number of carboxylic acids is 1. The maximum atomic E-state index is 12.7. The van der Waals surface area contributed by atoms with Gasteiger partial charge in [0.15, 0.2) is 0 Å². The zero-order chi connectivity index (χ0) is 21.6. The Morgan fingerprint density at radius 3 is 2.52 bits per heavy atom. The van der Waals surface area contributed by atoms with E-state index < -0.39 is 5.97 Å². The van der Waals surface area contributed by atoms with Crippen molar-refractivity contribution in [2.24, 2.45) is 5.10 Å². The second-order valence-electron chi connectivity index (χ2n) is 8.17. The summed E-state index contributed by atoms with van der Waals surface area (Å²) in [6, 6.07) is 13.3. The molecule has 0 saturated carbocycles.